The monoisotopic (exact) mass is 323 g/mol. The Labute approximate surface area is 144 Å². The van der Waals surface area contributed by atoms with Gasteiger partial charge >= 0.3 is 0 Å². The van der Waals surface area contributed by atoms with E-state index in [1.54, 1.807) is 12.2 Å². The molecular weight excluding hydrogens is 298 g/mol. The summed E-state index contributed by atoms with van der Waals surface area (Å²) in [7, 11) is 0. The summed E-state index contributed by atoms with van der Waals surface area (Å²) in [5, 5.41) is 2.92. The van der Waals surface area contributed by atoms with Crippen LogP contribution in [0.15, 0.2) is 48.5 Å². The first-order valence-corrected chi connectivity index (χ1v) is 8.38. The number of ether oxygens (including phenoxy) is 1. The number of hydrogen-bond acceptors (Lipinski definition) is 2. The quantitative estimate of drug-likeness (QED) is 0.566. The molecule has 2 aromatic carbocycles. The van der Waals surface area contributed by atoms with Gasteiger partial charge in [0.1, 0.15) is 5.75 Å². The van der Waals surface area contributed by atoms with Crippen LogP contribution in [-0.2, 0) is 4.79 Å². The van der Waals surface area contributed by atoms with E-state index in [1.807, 2.05) is 56.3 Å². The van der Waals surface area contributed by atoms with Crippen molar-refractivity contribution in [2.24, 2.45) is 0 Å². The largest absolute Gasteiger partial charge is 0.494 e. The maximum absolute atomic E-state index is 12.1. The lowest BCUT2D eigenvalue weighted by atomic mass is 10.1. The highest BCUT2D eigenvalue weighted by Gasteiger charge is 2.03. The molecule has 24 heavy (non-hydrogen) atoms. The van der Waals surface area contributed by atoms with Crippen molar-refractivity contribution in [2.45, 2.75) is 33.6 Å². The standard InChI is InChI=1S/C21H25NO2/c1-4-5-15-24-19-12-9-18(10-13-19)11-14-21(23)22-20-8-6-7-16(2)17(20)3/h6-14H,4-5,15H2,1-3H3,(H,22,23)/b14-11+. The molecule has 3 heteroatoms. The number of hydrogen-bond donors (Lipinski definition) is 1. The lowest BCUT2D eigenvalue weighted by Crippen LogP contribution is -2.09. The summed E-state index contributed by atoms with van der Waals surface area (Å²) >= 11 is 0. The fraction of sp³-hybridized carbons (Fsp3) is 0.286. The van der Waals surface area contributed by atoms with E-state index in [0.717, 1.165) is 47.6 Å². The van der Waals surface area contributed by atoms with Gasteiger partial charge in [-0.3, -0.25) is 4.79 Å². The highest BCUT2D eigenvalue weighted by atomic mass is 16.5. The van der Waals surface area contributed by atoms with Gasteiger partial charge in [0.15, 0.2) is 0 Å². The normalized spacial score (nSPS) is 10.8. The molecular formula is C21H25NO2. The minimum absolute atomic E-state index is 0.132. The zero-order chi connectivity index (χ0) is 17.4. The van der Waals surface area contributed by atoms with Crippen LogP contribution < -0.4 is 10.1 Å². The summed E-state index contributed by atoms with van der Waals surface area (Å²) in [6.45, 7) is 6.92. The van der Waals surface area contributed by atoms with E-state index in [9.17, 15) is 4.79 Å². The van der Waals surface area contributed by atoms with Gasteiger partial charge in [-0.25, -0.2) is 0 Å². The summed E-state index contributed by atoms with van der Waals surface area (Å²) < 4.78 is 5.63. The number of carbonyl (C=O) groups excluding carboxylic acids is 1. The van der Waals surface area contributed by atoms with E-state index >= 15 is 0 Å². The number of anilines is 1. The second-order valence-electron chi connectivity index (χ2n) is 5.84. The summed E-state index contributed by atoms with van der Waals surface area (Å²) in [5.74, 6) is 0.729. The molecule has 0 aliphatic carbocycles. The Morgan fingerprint density at radius 1 is 1.12 bits per heavy atom. The molecule has 0 saturated heterocycles. The number of carbonyl (C=O) groups is 1. The topological polar surface area (TPSA) is 38.3 Å². The fourth-order valence-corrected chi connectivity index (χ4v) is 2.24. The maximum atomic E-state index is 12.1. The second-order valence-corrected chi connectivity index (χ2v) is 5.84. The van der Waals surface area contributed by atoms with E-state index in [1.165, 1.54) is 0 Å². The zero-order valence-electron chi connectivity index (χ0n) is 14.6. The van der Waals surface area contributed by atoms with Gasteiger partial charge < -0.3 is 10.1 Å². The molecule has 0 aliphatic heterocycles. The molecule has 0 radical (unpaired) electrons. The number of rotatable bonds is 7. The van der Waals surface area contributed by atoms with Gasteiger partial charge in [0.25, 0.3) is 0 Å². The molecule has 0 aliphatic rings. The van der Waals surface area contributed by atoms with Gasteiger partial charge in [0.05, 0.1) is 6.61 Å². The van der Waals surface area contributed by atoms with Crippen LogP contribution in [0.3, 0.4) is 0 Å². The number of nitrogens with one attached hydrogen (secondary N) is 1. The number of unbranched alkanes of at least 4 members (excludes halogenated alkanes) is 1. The Balaban J connectivity index is 1.92. The molecule has 0 aromatic heterocycles. The average Bonchev–Trinajstić information content (AvgIpc) is 2.58. The van der Waals surface area contributed by atoms with Crippen molar-refractivity contribution in [3.05, 3.63) is 65.2 Å². The molecule has 0 atom stereocenters. The van der Waals surface area contributed by atoms with E-state index in [2.05, 4.69) is 12.2 Å². The predicted octanol–water partition coefficient (Wildman–Crippen LogP) is 5.13. The van der Waals surface area contributed by atoms with Crippen LogP contribution >= 0.6 is 0 Å². The molecule has 1 N–H and O–H groups in total. The van der Waals surface area contributed by atoms with Crippen molar-refractivity contribution in [1.29, 1.82) is 0 Å². The van der Waals surface area contributed by atoms with Crippen molar-refractivity contribution < 1.29 is 9.53 Å². The lowest BCUT2D eigenvalue weighted by Gasteiger charge is -2.08. The first-order valence-electron chi connectivity index (χ1n) is 8.38. The first kappa shape index (κ1) is 17.8. The van der Waals surface area contributed by atoms with E-state index in [-0.39, 0.29) is 5.91 Å². The Bertz CT molecular complexity index is 702. The zero-order valence-corrected chi connectivity index (χ0v) is 14.6. The molecule has 0 fully saturated rings. The first-order chi connectivity index (χ1) is 11.6. The van der Waals surface area contributed by atoms with Crippen LogP contribution in [-0.4, -0.2) is 12.5 Å². The van der Waals surface area contributed by atoms with Crippen LogP contribution in [0.2, 0.25) is 0 Å². The SMILES string of the molecule is CCCCOc1ccc(/C=C/C(=O)Nc2cccc(C)c2C)cc1. The Hall–Kier alpha value is -2.55. The van der Waals surface area contributed by atoms with Gasteiger partial charge in [-0.15, -0.1) is 0 Å². The molecule has 0 spiro atoms. The molecule has 2 rings (SSSR count). The smallest absolute Gasteiger partial charge is 0.248 e. The van der Waals surface area contributed by atoms with Gasteiger partial charge in [-0.2, -0.15) is 0 Å². The van der Waals surface area contributed by atoms with Crippen molar-refractivity contribution in [2.75, 3.05) is 11.9 Å². The second kappa shape index (κ2) is 8.92. The van der Waals surface area contributed by atoms with Gasteiger partial charge in [-0.1, -0.05) is 37.6 Å². The van der Waals surface area contributed by atoms with E-state index < -0.39 is 0 Å². The van der Waals surface area contributed by atoms with Gasteiger partial charge in [-0.05, 0) is 61.2 Å². The van der Waals surface area contributed by atoms with Gasteiger partial charge in [0, 0.05) is 11.8 Å². The Morgan fingerprint density at radius 2 is 1.88 bits per heavy atom. The predicted molar refractivity (Wildman–Crippen MR) is 100 cm³/mol. The maximum Gasteiger partial charge on any atom is 0.248 e. The van der Waals surface area contributed by atoms with Crippen LogP contribution in [0.5, 0.6) is 5.75 Å². The van der Waals surface area contributed by atoms with Crippen LogP contribution in [0.25, 0.3) is 6.08 Å². The molecule has 0 saturated carbocycles. The summed E-state index contributed by atoms with van der Waals surface area (Å²) in [4.78, 5) is 12.1. The van der Waals surface area contributed by atoms with Crippen LogP contribution in [0.1, 0.15) is 36.5 Å². The minimum atomic E-state index is -0.132. The fourth-order valence-electron chi connectivity index (χ4n) is 2.24. The third-order valence-electron chi connectivity index (χ3n) is 3.94. The van der Waals surface area contributed by atoms with Crippen molar-refractivity contribution in [3.8, 4) is 5.75 Å². The van der Waals surface area contributed by atoms with Crippen molar-refractivity contribution in [1.82, 2.24) is 0 Å². The molecule has 0 bridgehead atoms. The third kappa shape index (κ3) is 5.27. The Kier molecular flexibility index (Phi) is 6.62. The molecule has 2 aromatic rings. The molecule has 126 valence electrons. The molecule has 1 amide bonds. The summed E-state index contributed by atoms with van der Waals surface area (Å²) in [5.41, 5.74) is 4.07. The third-order valence-corrected chi connectivity index (χ3v) is 3.94. The minimum Gasteiger partial charge on any atom is -0.494 e. The van der Waals surface area contributed by atoms with Crippen LogP contribution in [0.4, 0.5) is 5.69 Å². The summed E-state index contributed by atoms with van der Waals surface area (Å²) in [6.07, 6.45) is 5.53. The highest BCUT2D eigenvalue weighted by Crippen LogP contribution is 2.18. The highest BCUT2D eigenvalue weighted by molar-refractivity contribution is 6.02. The average molecular weight is 323 g/mol. The van der Waals surface area contributed by atoms with Crippen molar-refractivity contribution in [3.63, 3.8) is 0 Å². The number of amides is 1. The van der Waals surface area contributed by atoms with Crippen molar-refractivity contribution >= 4 is 17.7 Å². The molecule has 3 nitrogen and oxygen atoms in total. The number of benzene rings is 2. The van der Waals surface area contributed by atoms with E-state index in [4.69, 9.17) is 4.74 Å². The lowest BCUT2D eigenvalue weighted by molar-refractivity contribution is -0.111. The van der Waals surface area contributed by atoms with E-state index in [0.29, 0.717) is 0 Å². The number of aryl methyl sites for hydroxylation is 1. The van der Waals surface area contributed by atoms with Gasteiger partial charge in [0.2, 0.25) is 5.91 Å². The molecule has 0 unspecified atom stereocenters. The summed E-state index contributed by atoms with van der Waals surface area (Å²) in [6, 6.07) is 13.6. The van der Waals surface area contributed by atoms with Crippen LogP contribution in [0, 0.1) is 13.8 Å². The molecule has 0 heterocycles. The Morgan fingerprint density at radius 3 is 2.58 bits per heavy atom.